The zero-order valence-electron chi connectivity index (χ0n) is 10.4. The Kier molecular flexibility index (Phi) is 3.50. The average molecular weight is 249 g/mol. The third kappa shape index (κ3) is 2.61. The van der Waals surface area contributed by atoms with Crippen LogP contribution in [0.25, 0.3) is 0 Å². The quantitative estimate of drug-likeness (QED) is 0.875. The molecule has 2 rings (SSSR count). The fourth-order valence-electron chi connectivity index (χ4n) is 1.80. The van der Waals surface area contributed by atoms with Crippen molar-refractivity contribution in [3.63, 3.8) is 0 Å². The molecule has 0 unspecified atom stereocenters. The molecule has 2 aromatic rings. The number of phenolic OH excluding ortho intramolecular Hbond substituents is 1. The van der Waals surface area contributed by atoms with Gasteiger partial charge in [-0.05, 0) is 24.1 Å². The van der Waals surface area contributed by atoms with Crippen molar-refractivity contribution >= 4 is 5.69 Å². The van der Waals surface area contributed by atoms with Crippen LogP contribution in [0.1, 0.15) is 18.2 Å². The predicted octanol–water partition coefficient (Wildman–Crippen LogP) is 2.44. The Balaban J connectivity index is 2.08. The van der Waals surface area contributed by atoms with Gasteiger partial charge in [0.05, 0.1) is 11.4 Å². The van der Waals surface area contributed by atoms with Crippen LogP contribution in [0.2, 0.25) is 0 Å². The minimum Gasteiger partial charge on any atom is -0.505 e. The smallest absolute Gasteiger partial charge is 0.165 e. The van der Waals surface area contributed by atoms with E-state index in [4.69, 9.17) is 5.11 Å². The molecule has 0 spiro atoms. The van der Waals surface area contributed by atoms with Gasteiger partial charge in [-0.1, -0.05) is 13.0 Å². The SMILES string of the molecule is CCc1nn(C)cc1NCc1ccc(O)c(F)c1. The number of halogens is 1. The molecule has 0 amide bonds. The number of aromatic hydroxyl groups is 1. The Morgan fingerprint density at radius 2 is 2.22 bits per heavy atom. The third-order valence-corrected chi connectivity index (χ3v) is 2.74. The van der Waals surface area contributed by atoms with Crippen LogP contribution in [0.4, 0.5) is 10.1 Å². The third-order valence-electron chi connectivity index (χ3n) is 2.74. The summed E-state index contributed by atoms with van der Waals surface area (Å²) in [7, 11) is 1.87. The Labute approximate surface area is 105 Å². The minimum absolute atomic E-state index is 0.325. The van der Waals surface area contributed by atoms with Crippen molar-refractivity contribution in [2.24, 2.45) is 7.05 Å². The van der Waals surface area contributed by atoms with Gasteiger partial charge in [0, 0.05) is 19.8 Å². The van der Waals surface area contributed by atoms with E-state index in [1.807, 2.05) is 20.2 Å². The molecular weight excluding hydrogens is 233 g/mol. The number of hydrogen-bond acceptors (Lipinski definition) is 3. The maximum absolute atomic E-state index is 13.2. The molecule has 0 aliphatic heterocycles. The monoisotopic (exact) mass is 249 g/mol. The first-order chi connectivity index (χ1) is 8.60. The van der Waals surface area contributed by atoms with Crippen LogP contribution in [0, 0.1) is 5.82 Å². The largest absolute Gasteiger partial charge is 0.505 e. The van der Waals surface area contributed by atoms with E-state index in [1.165, 1.54) is 12.1 Å². The summed E-state index contributed by atoms with van der Waals surface area (Å²) in [6.07, 6.45) is 2.74. The van der Waals surface area contributed by atoms with Crippen molar-refractivity contribution in [2.45, 2.75) is 19.9 Å². The van der Waals surface area contributed by atoms with E-state index in [0.717, 1.165) is 23.4 Å². The highest BCUT2D eigenvalue weighted by molar-refractivity contribution is 5.47. The summed E-state index contributed by atoms with van der Waals surface area (Å²) in [5.41, 5.74) is 2.71. The Morgan fingerprint density at radius 1 is 1.44 bits per heavy atom. The first-order valence-corrected chi connectivity index (χ1v) is 5.84. The van der Waals surface area contributed by atoms with Gasteiger partial charge in [-0.25, -0.2) is 4.39 Å². The molecule has 1 heterocycles. The molecule has 0 atom stereocenters. The lowest BCUT2D eigenvalue weighted by Crippen LogP contribution is -2.01. The summed E-state index contributed by atoms with van der Waals surface area (Å²) in [5.74, 6) is -0.925. The van der Waals surface area contributed by atoms with E-state index < -0.39 is 5.82 Å². The Morgan fingerprint density at radius 3 is 2.89 bits per heavy atom. The average Bonchev–Trinajstić information content (AvgIpc) is 2.71. The number of phenols is 1. The summed E-state index contributed by atoms with van der Waals surface area (Å²) in [5, 5.41) is 16.6. The predicted molar refractivity (Wildman–Crippen MR) is 68.0 cm³/mol. The molecule has 0 aliphatic carbocycles. The van der Waals surface area contributed by atoms with Gasteiger partial charge in [-0.2, -0.15) is 5.10 Å². The van der Waals surface area contributed by atoms with E-state index in [-0.39, 0.29) is 5.75 Å². The second-order valence-electron chi connectivity index (χ2n) is 4.16. The summed E-state index contributed by atoms with van der Waals surface area (Å²) in [4.78, 5) is 0. The molecule has 2 N–H and O–H groups in total. The molecule has 0 saturated heterocycles. The van der Waals surface area contributed by atoms with Crippen LogP contribution in [0.3, 0.4) is 0 Å². The molecule has 5 heteroatoms. The molecule has 96 valence electrons. The van der Waals surface area contributed by atoms with Crippen LogP contribution in [-0.4, -0.2) is 14.9 Å². The first kappa shape index (κ1) is 12.4. The summed E-state index contributed by atoms with van der Waals surface area (Å²) >= 11 is 0. The van der Waals surface area contributed by atoms with Crippen LogP contribution < -0.4 is 5.32 Å². The van der Waals surface area contributed by atoms with Gasteiger partial charge in [0.15, 0.2) is 11.6 Å². The van der Waals surface area contributed by atoms with E-state index in [0.29, 0.717) is 6.54 Å². The van der Waals surface area contributed by atoms with Gasteiger partial charge in [0.1, 0.15) is 0 Å². The van der Waals surface area contributed by atoms with Crippen LogP contribution in [-0.2, 0) is 20.0 Å². The lowest BCUT2D eigenvalue weighted by atomic mass is 10.2. The molecule has 0 aliphatic rings. The van der Waals surface area contributed by atoms with Crippen molar-refractivity contribution in [3.05, 3.63) is 41.5 Å². The fourth-order valence-corrected chi connectivity index (χ4v) is 1.80. The molecule has 0 fully saturated rings. The van der Waals surface area contributed by atoms with Crippen molar-refractivity contribution < 1.29 is 9.50 Å². The second kappa shape index (κ2) is 5.08. The normalized spacial score (nSPS) is 10.6. The van der Waals surface area contributed by atoms with Crippen LogP contribution in [0.15, 0.2) is 24.4 Å². The van der Waals surface area contributed by atoms with E-state index in [1.54, 1.807) is 10.7 Å². The fraction of sp³-hybridized carbons (Fsp3) is 0.308. The molecular formula is C13H16FN3O. The summed E-state index contributed by atoms with van der Waals surface area (Å²) < 4.78 is 14.9. The number of nitrogens with zero attached hydrogens (tertiary/aromatic N) is 2. The summed E-state index contributed by atoms with van der Waals surface area (Å²) in [6, 6.07) is 4.37. The molecule has 0 radical (unpaired) electrons. The Hall–Kier alpha value is -2.04. The topological polar surface area (TPSA) is 50.1 Å². The number of aromatic nitrogens is 2. The second-order valence-corrected chi connectivity index (χ2v) is 4.16. The van der Waals surface area contributed by atoms with Gasteiger partial charge in [-0.3, -0.25) is 4.68 Å². The van der Waals surface area contributed by atoms with Crippen molar-refractivity contribution in [3.8, 4) is 5.75 Å². The van der Waals surface area contributed by atoms with Crippen molar-refractivity contribution in [1.82, 2.24) is 9.78 Å². The first-order valence-electron chi connectivity index (χ1n) is 5.84. The lowest BCUT2D eigenvalue weighted by molar-refractivity contribution is 0.432. The highest BCUT2D eigenvalue weighted by Gasteiger charge is 2.06. The maximum atomic E-state index is 13.2. The number of hydrogen-bond donors (Lipinski definition) is 2. The lowest BCUT2D eigenvalue weighted by Gasteiger charge is -2.06. The maximum Gasteiger partial charge on any atom is 0.165 e. The van der Waals surface area contributed by atoms with E-state index >= 15 is 0 Å². The number of aryl methyl sites for hydroxylation is 2. The number of rotatable bonds is 4. The molecule has 4 nitrogen and oxygen atoms in total. The van der Waals surface area contributed by atoms with Crippen molar-refractivity contribution in [2.75, 3.05) is 5.32 Å². The van der Waals surface area contributed by atoms with Crippen LogP contribution in [0.5, 0.6) is 5.75 Å². The van der Waals surface area contributed by atoms with Gasteiger partial charge in [0.2, 0.25) is 0 Å². The standard InChI is InChI=1S/C13H16FN3O/c1-3-11-12(8-17(2)16-11)15-7-9-4-5-13(18)10(14)6-9/h4-6,8,15,18H,3,7H2,1-2H3. The zero-order chi connectivity index (χ0) is 13.1. The molecule has 0 saturated carbocycles. The highest BCUT2D eigenvalue weighted by atomic mass is 19.1. The van der Waals surface area contributed by atoms with Gasteiger partial charge < -0.3 is 10.4 Å². The van der Waals surface area contributed by atoms with Gasteiger partial charge >= 0.3 is 0 Å². The molecule has 1 aromatic carbocycles. The number of nitrogens with one attached hydrogen (secondary N) is 1. The molecule has 1 aromatic heterocycles. The van der Waals surface area contributed by atoms with Gasteiger partial charge in [-0.15, -0.1) is 0 Å². The number of anilines is 1. The number of benzene rings is 1. The van der Waals surface area contributed by atoms with E-state index in [9.17, 15) is 4.39 Å². The Bertz CT molecular complexity index is 551. The van der Waals surface area contributed by atoms with Gasteiger partial charge in [0.25, 0.3) is 0 Å². The zero-order valence-corrected chi connectivity index (χ0v) is 10.4. The van der Waals surface area contributed by atoms with E-state index in [2.05, 4.69) is 10.4 Å². The highest BCUT2D eigenvalue weighted by Crippen LogP contribution is 2.18. The van der Waals surface area contributed by atoms with Crippen LogP contribution >= 0.6 is 0 Å². The summed E-state index contributed by atoms with van der Waals surface area (Å²) in [6.45, 7) is 2.53. The van der Waals surface area contributed by atoms with Crippen molar-refractivity contribution in [1.29, 1.82) is 0 Å². The molecule has 0 bridgehead atoms. The molecule has 18 heavy (non-hydrogen) atoms. The minimum atomic E-state index is -0.601.